The first-order valence-corrected chi connectivity index (χ1v) is 12.6. The SMILES string of the molecule is Oc1ccc(Br)cc1CN[C@@H](c1ccccc1)[C@@H](NCc1cc(Br)ccc1O)c1ccccc1. The lowest BCUT2D eigenvalue weighted by Crippen LogP contribution is -2.35. The maximum Gasteiger partial charge on any atom is 0.120 e. The Balaban J connectivity index is 1.67. The van der Waals surface area contributed by atoms with Gasteiger partial charge >= 0.3 is 0 Å². The van der Waals surface area contributed by atoms with E-state index in [0.29, 0.717) is 13.1 Å². The van der Waals surface area contributed by atoms with Gasteiger partial charge in [-0.2, -0.15) is 0 Å². The van der Waals surface area contributed by atoms with Crippen LogP contribution in [-0.4, -0.2) is 10.2 Å². The Labute approximate surface area is 216 Å². The zero-order valence-electron chi connectivity index (χ0n) is 18.5. The molecule has 0 aliphatic heterocycles. The van der Waals surface area contributed by atoms with E-state index in [1.807, 2.05) is 60.7 Å². The molecule has 0 radical (unpaired) electrons. The van der Waals surface area contributed by atoms with Crippen LogP contribution in [0.4, 0.5) is 0 Å². The second-order valence-electron chi connectivity index (χ2n) is 8.08. The third-order valence-electron chi connectivity index (χ3n) is 5.76. The number of rotatable bonds is 9. The first-order valence-electron chi connectivity index (χ1n) is 11.0. The standard InChI is InChI=1S/C28H26Br2N2O2/c29-23-11-13-25(33)21(15-23)17-31-27(19-7-3-1-4-8-19)28(20-9-5-2-6-10-20)32-18-22-16-24(30)12-14-26(22)34/h1-16,27-28,31-34H,17-18H2/t27-,28-/m0/s1. The highest BCUT2D eigenvalue weighted by Crippen LogP contribution is 2.32. The Morgan fingerprint density at radius 1 is 0.559 bits per heavy atom. The van der Waals surface area contributed by atoms with E-state index in [1.54, 1.807) is 12.1 Å². The number of aromatic hydroxyl groups is 2. The minimum Gasteiger partial charge on any atom is -0.508 e. The summed E-state index contributed by atoms with van der Waals surface area (Å²) >= 11 is 7.00. The molecule has 174 valence electrons. The fourth-order valence-electron chi connectivity index (χ4n) is 4.01. The zero-order chi connectivity index (χ0) is 23.9. The van der Waals surface area contributed by atoms with Crippen molar-refractivity contribution in [1.29, 1.82) is 0 Å². The Hall–Kier alpha value is -2.64. The van der Waals surface area contributed by atoms with Gasteiger partial charge in [0.25, 0.3) is 0 Å². The minimum atomic E-state index is -0.101. The topological polar surface area (TPSA) is 64.5 Å². The number of hydrogen-bond donors (Lipinski definition) is 4. The molecule has 0 aliphatic rings. The van der Waals surface area contributed by atoms with Crippen molar-refractivity contribution < 1.29 is 10.2 Å². The fraction of sp³-hybridized carbons (Fsp3) is 0.143. The summed E-state index contributed by atoms with van der Waals surface area (Å²) in [5, 5.41) is 28.1. The van der Waals surface area contributed by atoms with Crippen LogP contribution in [0.2, 0.25) is 0 Å². The highest BCUT2D eigenvalue weighted by molar-refractivity contribution is 9.10. The molecule has 6 heteroatoms. The van der Waals surface area contributed by atoms with Crippen molar-refractivity contribution >= 4 is 31.9 Å². The number of nitrogens with one attached hydrogen (secondary N) is 2. The quantitative estimate of drug-likeness (QED) is 0.172. The van der Waals surface area contributed by atoms with Crippen molar-refractivity contribution in [2.24, 2.45) is 0 Å². The number of phenols is 2. The van der Waals surface area contributed by atoms with Gasteiger partial charge in [-0.3, -0.25) is 0 Å². The second-order valence-corrected chi connectivity index (χ2v) is 9.92. The smallest absolute Gasteiger partial charge is 0.120 e. The summed E-state index contributed by atoms with van der Waals surface area (Å²) in [4.78, 5) is 0. The molecule has 34 heavy (non-hydrogen) atoms. The predicted octanol–water partition coefficient (Wildman–Crippen LogP) is 6.98. The van der Waals surface area contributed by atoms with Crippen LogP contribution in [0.3, 0.4) is 0 Å². The average Bonchev–Trinajstić information content (AvgIpc) is 2.86. The van der Waals surface area contributed by atoms with Gasteiger partial charge in [-0.05, 0) is 47.5 Å². The average molecular weight is 582 g/mol. The van der Waals surface area contributed by atoms with Gasteiger partial charge in [-0.15, -0.1) is 0 Å². The van der Waals surface area contributed by atoms with Gasteiger partial charge in [-0.1, -0.05) is 92.5 Å². The van der Waals surface area contributed by atoms with Crippen molar-refractivity contribution in [2.75, 3.05) is 0 Å². The molecule has 0 fully saturated rings. The van der Waals surface area contributed by atoms with Crippen LogP contribution in [-0.2, 0) is 13.1 Å². The van der Waals surface area contributed by atoms with Gasteiger partial charge in [-0.25, -0.2) is 0 Å². The molecule has 4 aromatic rings. The van der Waals surface area contributed by atoms with Crippen LogP contribution in [0.25, 0.3) is 0 Å². The lowest BCUT2D eigenvalue weighted by molar-refractivity contribution is 0.373. The van der Waals surface area contributed by atoms with Crippen LogP contribution in [0.1, 0.15) is 34.3 Å². The molecule has 0 aromatic heterocycles. The highest BCUT2D eigenvalue weighted by Gasteiger charge is 2.25. The number of halogens is 2. The van der Waals surface area contributed by atoms with E-state index in [1.165, 1.54) is 0 Å². The van der Waals surface area contributed by atoms with Gasteiger partial charge in [0, 0.05) is 33.2 Å². The van der Waals surface area contributed by atoms with Crippen LogP contribution >= 0.6 is 31.9 Å². The van der Waals surface area contributed by atoms with E-state index >= 15 is 0 Å². The maximum atomic E-state index is 10.4. The van der Waals surface area contributed by atoms with Gasteiger partial charge in [0.05, 0.1) is 12.1 Å². The summed E-state index contributed by atoms with van der Waals surface area (Å²) in [6.07, 6.45) is 0. The monoisotopic (exact) mass is 580 g/mol. The number of phenolic OH excluding ortho intramolecular Hbond substituents is 2. The summed E-state index contributed by atoms with van der Waals surface area (Å²) in [5.74, 6) is 0.511. The number of benzene rings is 4. The zero-order valence-corrected chi connectivity index (χ0v) is 21.6. The summed E-state index contributed by atoms with van der Waals surface area (Å²) in [7, 11) is 0. The largest absolute Gasteiger partial charge is 0.508 e. The first kappa shape index (κ1) is 24.5. The van der Waals surface area contributed by atoms with E-state index in [0.717, 1.165) is 31.2 Å². The molecule has 0 saturated heterocycles. The molecule has 0 heterocycles. The summed E-state index contributed by atoms with van der Waals surface area (Å²) < 4.78 is 1.84. The van der Waals surface area contributed by atoms with Gasteiger partial charge in [0.2, 0.25) is 0 Å². The molecule has 4 N–H and O–H groups in total. The van der Waals surface area contributed by atoms with Crippen molar-refractivity contribution in [2.45, 2.75) is 25.2 Å². The lowest BCUT2D eigenvalue weighted by atomic mass is 9.92. The van der Waals surface area contributed by atoms with Crippen LogP contribution in [0.15, 0.2) is 106 Å². The third kappa shape index (κ3) is 6.27. The van der Waals surface area contributed by atoms with Crippen molar-refractivity contribution in [3.8, 4) is 11.5 Å². The molecule has 4 rings (SSSR count). The normalized spacial score (nSPS) is 12.9. The molecule has 0 amide bonds. The Morgan fingerprint density at radius 2 is 0.941 bits per heavy atom. The maximum absolute atomic E-state index is 10.4. The molecule has 0 bridgehead atoms. The lowest BCUT2D eigenvalue weighted by Gasteiger charge is -2.30. The van der Waals surface area contributed by atoms with Crippen LogP contribution in [0, 0.1) is 0 Å². The molecule has 2 atom stereocenters. The molecule has 0 unspecified atom stereocenters. The highest BCUT2D eigenvalue weighted by atomic mass is 79.9. The number of hydrogen-bond acceptors (Lipinski definition) is 4. The molecular formula is C28H26Br2N2O2. The van der Waals surface area contributed by atoms with E-state index in [2.05, 4.69) is 66.8 Å². The first-order chi connectivity index (χ1) is 16.5. The summed E-state index contributed by atoms with van der Waals surface area (Å²) in [5.41, 5.74) is 3.87. The van der Waals surface area contributed by atoms with Gasteiger partial charge in [0.15, 0.2) is 0 Å². The molecular weight excluding hydrogens is 556 g/mol. The van der Waals surface area contributed by atoms with Crippen molar-refractivity contribution in [3.63, 3.8) is 0 Å². The third-order valence-corrected chi connectivity index (χ3v) is 6.75. The molecule has 4 aromatic carbocycles. The molecule has 0 saturated carbocycles. The van der Waals surface area contributed by atoms with Gasteiger partial charge < -0.3 is 20.8 Å². The van der Waals surface area contributed by atoms with Gasteiger partial charge in [0.1, 0.15) is 11.5 Å². The summed E-state index contributed by atoms with van der Waals surface area (Å²) in [6, 6.07) is 31.2. The Morgan fingerprint density at radius 3 is 1.32 bits per heavy atom. The molecule has 0 spiro atoms. The Kier molecular flexibility index (Phi) is 8.40. The predicted molar refractivity (Wildman–Crippen MR) is 144 cm³/mol. The van der Waals surface area contributed by atoms with Crippen LogP contribution in [0.5, 0.6) is 11.5 Å². The van der Waals surface area contributed by atoms with Crippen LogP contribution < -0.4 is 10.6 Å². The molecule has 0 aliphatic carbocycles. The van der Waals surface area contributed by atoms with Crippen molar-refractivity contribution in [1.82, 2.24) is 10.6 Å². The van der Waals surface area contributed by atoms with E-state index in [-0.39, 0.29) is 23.6 Å². The Bertz CT molecular complexity index is 1120. The fourth-order valence-corrected chi connectivity index (χ4v) is 4.83. The van der Waals surface area contributed by atoms with E-state index in [9.17, 15) is 10.2 Å². The molecule has 4 nitrogen and oxygen atoms in total. The summed E-state index contributed by atoms with van der Waals surface area (Å²) in [6.45, 7) is 0.968. The van der Waals surface area contributed by atoms with E-state index < -0.39 is 0 Å². The van der Waals surface area contributed by atoms with Crippen molar-refractivity contribution in [3.05, 3.63) is 128 Å². The second kappa shape index (κ2) is 11.7. The van der Waals surface area contributed by atoms with E-state index in [4.69, 9.17) is 0 Å². The minimum absolute atomic E-state index is 0.101.